The van der Waals surface area contributed by atoms with E-state index in [0.717, 1.165) is 22.4 Å². The van der Waals surface area contributed by atoms with Crippen LogP contribution in [0.3, 0.4) is 0 Å². The predicted octanol–water partition coefficient (Wildman–Crippen LogP) is 4.62. The Kier molecular flexibility index (Phi) is 4.07. The molecule has 1 aliphatic rings. The van der Waals surface area contributed by atoms with Gasteiger partial charge in [-0.1, -0.05) is 23.2 Å². The molecule has 2 aromatic carbocycles. The van der Waals surface area contributed by atoms with Gasteiger partial charge in [-0.3, -0.25) is 15.5 Å². The molecule has 0 aromatic heterocycles. The highest BCUT2D eigenvalue weighted by Crippen LogP contribution is 2.30. The molecule has 0 aliphatic carbocycles. The standard InChI is InChI=1S/C16H11Cl2N3O2/c1-9-6-11-7-14(17)15(18)8-13(11)16(20-19-9)10-2-4-12(5-3-10)21(22)23/h2-8,19H,1H3. The van der Waals surface area contributed by atoms with Crippen LogP contribution in [0, 0.1) is 10.1 Å². The first kappa shape index (κ1) is 15.5. The van der Waals surface area contributed by atoms with Crippen LogP contribution in [-0.2, 0) is 0 Å². The normalized spacial score (nSPS) is 13.3. The van der Waals surface area contributed by atoms with Gasteiger partial charge in [-0.05, 0) is 42.8 Å². The summed E-state index contributed by atoms with van der Waals surface area (Å²) in [5, 5.41) is 16.1. The summed E-state index contributed by atoms with van der Waals surface area (Å²) in [5.74, 6) is 0. The molecule has 116 valence electrons. The first-order chi connectivity index (χ1) is 11.0. The lowest BCUT2D eigenvalue weighted by atomic mass is 9.97. The molecule has 1 heterocycles. The minimum absolute atomic E-state index is 0.0274. The Morgan fingerprint density at radius 1 is 1.13 bits per heavy atom. The highest BCUT2D eigenvalue weighted by molar-refractivity contribution is 6.42. The number of allylic oxidation sites excluding steroid dienone is 1. The topological polar surface area (TPSA) is 67.5 Å². The van der Waals surface area contributed by atoms with Gasteiger partial charge in [0.1, 0.15) is 0 Å². The van der Waals surface area contributed by atoms with Crippen molar-refractivity contribution in [2.75, 3.05) is 0 Å². The number of nitro benzene ring substituents is 1. The van der Waals surface area contributed by atoms with Crippen LogP contribution >= 0.6 is 23.2 Å². The van der Waals surface area contributed by atoms with Crippen molar-refractivity contribution in [2.45, 2.75) is 6.92 Å². The second kappa shape index (κ2) is 6.02. The lowest BCUT2D eigenvalue weighted by molar-refractivity contribution is -0.384. The molecule has 3 rings (SSSR count). The van der Waals surface area contributed by atoms with Crippen molar-refractivity contribution < 1.29 is 4.92 Å². The monoisotopic (exact) mass is 347 g/mol. The van der Waals surface area contributed by atoms with E-state index < -0.39 is 4.92 Å². The molecule has 0 radical (unpaired) electrons. The number of halogens is 2. The molecule has 7 heteroatoms. The van der Waals surface area contributed by atoms with Gasteiger partial charge in [0.05, 0.1) is 20.7 Å². The van der Waals surface area contributed by atoms with Crippen molar-refractivity contribution in [2.24, 2.45) is 5.10 Å². The van der Waals surface area contributed by atoms with E-state index in [4.69, 9.17) is 23.2 Å². The first-order valence-electron chi connectivity index (χ1n) is 6.72. The molecular weight excluding hydrogens is 337 g/mol. The number of non-ortho nitro benzene ring substituents is 1. The van der Waals surface area contributed by atoms with E-state index in [9.17, 15) is 10.1 Å². The molecule has 1 N–H and O–H groups in total. The molecular formula is C16H11Cl2N3O2. The highest BCUT2D eigenvalue weighted by Gasteiger charge is 2.17. The van der Waals surface area contributed by atoms with Crippen LogP contribution in [-0.4, -0.2) is 10.6 Å². The Labute approximate surface area is 142 Å². The van der Waals surface area contributed by atoms with Crippen molar-refractivity contribution in [3.8, 4) is 0 Å². The molecule has 0 fully saturated rings. The van der Waals surface area contributed by atoms with Crippen molar-refractivity contribution in [3.05, 3.63) is 78.9 Å². The molecule has 0 spiro atoms. The van der Waals surface area contributed by atoms with E-state index in [1.807, 2.05) is 13.0 Å². The fourth-order valence-electron chi connectivity index (χ4n) is 2.32. The lowest BCUT2D eigenvalue weighted by Crippen LogP contribution is -2.09. The maximum absolute atomic E-state index is 10.8. The maximum atomic E-state index is 10.8. The van der Waals surface area contributed by atoms with Gasteiger partial charge in [-0.2, -0.15) is 5.10 Å². The second-order valence-corrected chi connectivity index (χ2v) is 5.87. The second-order valence-electron chi connectivity index (χ2n) is 5.06. The number of nitrogens with zero attached hydrogens (tertiary/aromatic N) is 2. The third-order valence-corrected chi connectivity index (χ3v) is 4.14. The number of nitro groups is 1. The largest absolute Gasteiger partial charge is 0.282 e. The van der Waals surface area contributed by atoms with E-state index in [2.05, 4.69) is 10.5 Å². The summed E-state index contributed by atoms with van der Waals surface area (Å²) in [4.78, 5) is 10.4. The van der Waals surface area contributed by atoms with Gasteiger partial charge in [0.15, 0.2) is 0 Å². The number of hydrazone groups is 1. The number of hydrogen-bond acceptors (Lipinski definition) is 4. The molecule has 0 unspecified atom stereocenters. The summed E-state index contributed by atoms with van der Waals surface area (Å²) in [5.41, 5.74) is 6.88. The quantitative estimate of drug-likeness (QED) is 0.636. The number of benzene rings is 2. The van der Waals surface area contributed by atoms with Crippen molar-refractivity contribution in [1.29, 1.82) is 0 Å². The molecule has 1 aliphatic heterocycles. The molecule has 0 amide bonds. The minimum Gasteiger partial charge on any atom is -0.282 e. The Bertz CT molecular complexity index is 858. The Morgan fingerprint density at radius 2 is 1.78 bits per heavy atom. The third-order valence-electron chi connectivity index (χ3n) is 3.42. The fourth-order valence-corrected chi connectivity index (χ4v) is 2.65. The van der Waals surface area contributed by atoms with E-state index >= 15 is 0 Å². The van der Waals surface area contributed by atoms with Crippen LogP contribution in [0.25, 0.3) is 6.08 Å². The van der Waals surface area contributed by atoms with Gasteiger partial charge in [0.2, 0.25) is 0 Å². The zero-order valence-corrected chi connectivity index (χ0v) is 13.5. The van der Waals surface area contributed by atoms with Gasteiger partial charge in [-0.25, -0.2) is 0 Å². The minimum atomic E-state index is -0.437. The Hall–Kier alpha value is -2.37. The van der Waals surface area contributed by atoms with Crippen molar-refractivity contribution in [3.63, 3.8) is 0 Å². The highest BCUT2D eigenvalue weighted by atomic mass is 35.5. The zero-order chi connectivity index (χ0) is 16.6. The predicted molar refractivity (Wildman–Crippen MR) is 92.0 cm³/mol. The fraction of sp³-hybridized carbons (Fsp3) is 0.0625. The van der Waals surface area contributed by atoms with Gasteiger partial charge >= 0.3 is 0 Å². The zero-order valence-electron chi connectivity index (χ0n) is 12.0. The molecule has 23 heavy (non-hydrogen) atoms. The van der Waals surface area contributed by atoms with Crippen LogP contribution in [0.2, 0.25) is 10.0 Å². The Morgan fingerprint density at radius 3 is 2.43 bits per heavy atom. The van der Waals surface area contributed by atoms with Crippen LogP contribution in [0.1, 0.15) is 23.6 Å². The van der Waals surface area contributed by atoms with Crippen LogP contribution in [0.15, 0.2) is 47.2 Å². The molecule has 5 nitrogen and oxygen atoms in total. The van der Waals surface area contributed by atoms with Crippen molar-refractivity contribution >= 4 is 40.7 Å². The molecule has 0 saturated carbocycles. The van der Waals surface area contributed by atoms with Gasteiger partial charge in [-0.15, -0.1) is 0 Å². The van der Waals surface area contributed by atoms with Gasteiger partial charge < -0.3 is 0 Å². The summed E-state index contributed by atoms with van der Waals surface area (Å²) in [6, 6.07) is 9.73. The van der Waals surface area contributed by atoms with Gasteiger partial charge in [0, 0.05) is 29.0 Å². The summed E-state index contributed by atoms with van der Waals surface area (Å²) >= 11 is 12.2. The first-order valence-corrected chi connectivity index (χ1v) is 7.47. The average molecular weight is 348 g/mol. The summed E-state index contributed by atoms with van der Waals surface area (Å²) in [7, 11) is 0. The van der Waals surface area contributed by atoms with Crippen LogP contribution in [0.5, 0.6) is 0 Å². The summed E-state index contributed by atoms with van der Waals surface area (Å²) in [6.45, 7) is 1.88. The molecule has 2 aromatic rings. The van der Waals surface area contributed by atoms with E-state index in [-0.39, 0.29) is 5.69 Å². The summed E-state index contributed by atoms with van der Waals surface area (Å²) < 4.78 is 0. The van der Waals surface area contributed by atoms with Crippen LogP contribution < -0.4 is 5.43 Å². The SMILES string of the molecule is CC1=Cc2cc(Cl)c(Cl)cc2C(c2ccc([N+](=O)[O-])cc2)=NN1. The molecule has 0 atom stereocenters. The smallest absolute Gasteiger partial charge is 0.269 e. The summed E-state index contributed by atoms with van der Waals surface area (Å²) in [6.07, 6.45) is 1.92. The van der Waals surface area contributed by atoms with E-state index in [0.29, 0.717) is 15.8 Å². The lowest BCUT2D eigenvalue weighted by Gasteiger charge is -2.10. The Balaban J connectivity index is 2.14. The van der Waals surface area contributed by atoms with Crippen molar-refractivity contribution in [1.82, 2.24) is 5.43 Å². The van der Waals surface area contributed by atoms with Gasteiger partial charge in [0.25, 0.3) is 5.69 Å². The maximum Gasteiger partial charge on any atom is 0.269 e. The van der Waals surface area contributed by atoms with E-state index in [1.54, 1.807) is 24.3 Å². The molecule has 0 saturated heterocycles. The number of hydrogen-bond donors (Lipinski definition) is 1. The average Bonchev–Trinajstić information content (AvgIpc) is 2.67. The number of fused-ring (bicyclic) bond motifs is 1. The number of rotatable bonds is 2. The van der Waals surface area contributed by atoms with Crippen LogP contribution in [0.4, 0.5) is 5.69 Å². The molecule has 0 bridgehead atoms. The third kappa shape index (κ3) is 3.06. The number of nitrogens with one attached hydrogen (secondary N) is 1. The van der Waals surface area contributed by atoms with E-state index in [1.165, 1.54) is 12.1 Å².